The molecule has 0 radical (unpaired) electrons. The predicted molar refractivity (Wildman–Crippen MR) is 97.6 cm³/mol. The number of nitrogens with zero attached hydrogens (tertiary/aromatic N) is 2. The van der Waals surface area contributed by atoms with E-state index in [2.05, 4.69) is 17.5 Å². The molecule has 0 saturated heterocycles. The molecule has 0 unspecified atom stereocenters. The number of benzene rings is 2. The molecule has 0 aliphatic heterocycles. The van der Waals surface area contributed by atoms with Crippen molar-refractivity contribution in [2.24, 2.45) is 0 Å². The molecule has 0 fully saturated rings. The Balaban J connectivity index is 1.93. The third-order valence-corrected chi connectivity index (χ3v) is 4.13. The van der Waals surface area contributed by atoms with Gasteiger partial charge in [0.2, 0.25) is 0 Å². The SMILES string of the molecule is Cc1ccc(-n2ccc(C#N)c2C(=O)NCc2ccccc2)c(C)c1. The number of carbonyl (C=O) groups excluding carboxylic acids is 1. The summed E-state index contributed by atoms with van der Waals surface area (Å²) in [7, 11) is 0. The highest BCUT2D eigenvalue weighted by Crippen LogP contribution is 2.21. The van der Waals surface area contributed by atoms with Gasteiger partial charge in [-0.3, -0.25) is 4.79 Å². The summed E-state index contributed by atoms with van der Waals surface area (Å²) in [5.41, 5.74) is 4.85. The normalized spacial score (nSPS) is 10.3. The van der Waals surface area contributed by atoms with Crippen molar-refractivity contribution in [3.63, 3.8) is 0 Å². The van der Waals surface area contributed by atoms with Crippen LogP contribution >= 0.6 is 0 Å². The molecule has 1 heterocycles. The highest BCUT2D eigenvalue weighted by atomic mass is 16.1. The molecule has 2 aromatic carbocycles. The van der Waals surface area contributed by atoms with Gasteiger partial charge < -0.3 is 9.88 Å². The van der Waals surface area contributed by atoms with Gasteiger partial charge in [0, 0.05) is 18.4 Å². The Morgan fingerprint density at radius 2 is 1.88 bits per heavy atom. The molecule has 3 rings (SSSR count). The van der Waals surface area contributed by atoms with Crippen LogP contribution in [0.3, 0.4) is 0 Å². The summed E-state index contributed by atoms with van der Waals surface area (Å²) in [6.07, 6.45) is 1.77. The fourth-order valence-electron chi connectivity index (χ4n) is 2.89. The molecule has 0 spiro atoms. The predicted octanol–water partition coefficient (Wildman–Crippen LogP) is 3.90. The van der Waals surface area contributed by atoms with Crippen LogP contribution in [0.1, 0.15) is 32.7 Å². The van der Waals surface area contributed by atoms with Crippen molar-refractivity contribution < 1.29 is 4.79 Å². The van der Waals surface area contributed by atoms with Crippen LogP contribution in [0, 0.1) is 25.2 Å². The number of nitrogens with one attached hydrogen (secondary N) is 1. The Bertz CT molecular complexity index is 949. The highest BCUT2D eigenvalue weighted by Gasteiger charge is 2.19. The number of nitriles is 1. The van der Waals surface area contributed by atoms with Gasteiger partial charge in [0.25, 0.3) is 5.91 Å². The minimum Gasteiger partial charge on any atom is -0.347 e. The van der Waals surface area contributed by atoms with E-state index in [9.17, 15) is 10.1 Å². The molecule has 0 saturated carbocycles. The lowest BCUT2D eigenvalue weighted by Crippen LogP contribution is -2.26. The zero-order valence-electron chi connectivity index (χ0n) is 14.3. The molecule has 0 atom stereocenters. The van der Waals surface area contributed by atoms with E-state index in [1.54, 1.807) is 16.8 Å². The van der Waals surface area contributed by atoms with Gasteiger partial charge in [-0.1, -0.05) is 48.0 Å². The maximum absolute atomic E-state index is 12.7. The van der Waals surface area contributed by atoms with Crippen LogP contribution in [-0.4, -0.2) is 10.5 Å². The average Bonchev–Trinajstić information content (AvgIpc) is 3.04. The third-order valence-electron chi connectivity index (χ3n) is 4.13. The minimum absolute atomic E-state index is 0.259. The molecule has 1 amide bonds. The van der Waals surface area contributed by atoms with Crippen molar-refractivity contribution in [2.45, 2.75) is 20.4 Å². The smallest absolute Gasteiger partial charge is 0.269 e. The number of carbonyl (C=O) groups is 1. The first-order valence-electron chi connectivity index (χ1n) is 8.11. The maximum Gasteiger partial charge on any atom is 0.269 e. The Labute approximate surface area is 147 Å². The van der Waals surface area contributed by atoms with Gasteiger partial charge >= 0.3 is 0 Å². The molecule has 0 bridgehead atoms. The summed E-state index contributed by atoms with van der Waals surface area (Å²) < 4.78 is 1.79. The van der Waals surface area contributed by atoms with Crippen molar-refractivity contribution in [1.29, 1.82) is 5.26 Å². The van der Waals surface area contributed by atoms with Gasteiger partial charge in [-0.05, 0) is 37.1 Å². The fraction of sp³-hybridized carbons (Fsp3) is 0.143. The van der Waals surface area contributed by atoms with Crippen LogP contribution in [0.2, 0.25) is 0 Å². The van der Waals surface area contributed by atoms with Crippen molar-refractivity contribution in [3.8, 4) is 11.8 Å². The molecule has 3 aromatic rings. The third kappa shape index (κ3) is 3.46. The molecule has 1 aromatic heterocycles. The molecule has 124 valence electrons. The minimum atomic E-state index is -0.259. The molecule has 25 heavy (non-hydrogen) atoms. The Morgan fingerprint density at radius 3 is 2.56 bits per heavy atom. The van der Waals surface area contributed by atoms with Crippen LogP contribution in [0.25, 0.3) is 5.69 Å². The lowest BCUT2D eigenvalue weighted by molar-refractivity contribution is 0.0944. The summed E-state index contributed by atoms with van der Waals surface area (Å²) in [5, 5.41) is 12.3. The first-order valence-corrected chi connectivity index (χ1v) is 8.11. The molecular formula is C21H19N3O. The Morgan fingerprint density at radius 1 is 1.12 bits per heavy atom. The monoisotopic (exact) mass is 329 g/mol. The van der Waals surface area contributed by atoms with E-state index in [1.807, 2.05) is 56.3 Å². The molecule has 0 aliphatic rings. The molecule has 1 N–H and O–H groups in total. The van der Waals surface area contributed by atoms with Crippen LogP contribution in [-0.2, 0) is 6.54 Å². The first-order chi connectivity index (χ1) is 12.1. The zero-order valence-corrected chi connectivity index (χ0v) is 14.3. The van der Waals surface area contributed by atoms with E-state index < -0.39 is 0 Å². The first kappa shape index (κ1) is 16.5. The van der Waals surface area contributed by atoms with E-state index in [0.29, 0.717) is 17.8 Å². The number of hydrogen-bond donors (Lipinski definition) is 1. The van der Waals surface area contributed by atoms with Crippen LogP contribution in [0.15, 0.2) is 60.8 Å². The topological polar surface area (TPSA) is 57.8 Å². The molecule has 4 heteroatoms. The standard InChI is InChI=1S/C21H19N3O/c1-15-8-9-19(16(2)12-15)24-11-10-18(13-22)20(24)21(25)23-14-17-6-4-3-5-7-17/h3-12H,14H2,1-2H3,(H,23,25). The number of rotatable bonds is 4. The second kappa shape index (κ2) is 7.06. The van der Waals surface area contributed by atoms with Gasteiger partial charge in [0.05, 0.1) is 5.56 Å². The van der Waals surface area contributed by atoms with Crippen LogP contribution in [0.5, 0.6) is 0 Å². The molecular weight excluding hydrogens is 310 g/mol. The zero-order chi connectivity index (χ0) is 17.8. The second-order valence-corrected chi connectivity index (χ2v) is 6.02. The van der Waals surface area contributed by atoms with E-state index in [1.165, 1.54) is 0 Å². The Hall–Kier alpha value is -3.32. The average molecular weight is 329 g/mol. The molecule has 4 nitrogen and oxygen atoms in total. The van der Waals surface area contributed by atoms with Gasteiger partial charge in [0.15, 0.2) is 0 Å². The van der Waals surface area contributed by atoms with Crippen LogP contribution < -0.4 is 5.32 Å². The van der Waals surface area contributed by atoms with Gasteiger partial charge in [-0.15, -0.1) is 0 Å². The van der Waals surface area contributed by atoms with Crippen LogP contribution in [0.4, 0.5) is 0 Å². The fourth-order valence-corrected chi connectivity index (χ4v) is 2.89. The lowest BCUT2D eigenvalue weighted by atomic mass is 10.1. The number of aromatic nitrogens is 1. The van der Waals surface area contributed by atoms with E-state index in [4.69, 9.17) is 0 Å². The summed E-state index contributed by atoms with van der Waals surface area (Å²) >= 11 is 0. The Kier molecular flexibility index (Phi) is 4.67. The highest BCUT2D eigenvalue weighted by molar-refractivity contribution is 5.96. The van der Waals surface area contributed by atoms with Crippen molar-refractivity contribution in [2.75, 3.05) is 0 Å². The summed E-state index contributed by atoms with van der Waals surface area (Å²) in [4.78, 5) is 12.7. The van der Waals surface area contributed by atoms with Crippen molar-refractivity contribution in [1.82, 2.24) is 9.88 Å². The van der Waals surface area contributed by atoms with E-state index >= 15 is 0 Å². The van der Waals surface area contributed by atoms with Gasteiger partial charge in [-0.25, -0.2) is 0 Å². The van der Waals surface area contributed by atoms with Gasteiger partial charge in [0.1, 0.15) is 11.8 Å². The number of aryl methyl sites for hydroxylation is 2. The summed E-state index contributed by atoms with van der Waals surface area (Å²) in [6.45, 7) is 4.45. The maximum atomic E-state index is 12.7. The quantitative estimate of drug-likeness (QED) is 0.789. The second-order valence-electron chi connectivity index (χ2n) is 6.02. The largest absolute Gasteiger partial charge is 0.347 e. The summed E-state index contributed by atoms with van der Waals surface area (Å²) in [5.74, 6) is -0.259. The van der Waals surface area contributed by atoms with Crippen molar-refractivity contribution >= 4 is 5.91 Å². The summed E-state index contributed by atoms with van der Waals surface area (Å²) in [6, 6.07) is 19.5. The number of amides is 1. The number of hydrogen-bond acceptors (Lipinski definition) is 2. The molecule has 0 aliphatic carbocycles. The van der Waals surface area contributed by atoms with E-state index in [0.717, 1.165) is 22.4 Å². The van der Waals surface area contributed by atoms with Crippen molar-refractivity contribution in [3.05, 3.63) is 88.7 Å². The van der Waals surface area contributed by atoms with Gasteiger partial charge in [-0.2, -0.15) is 5.26 Å². The lowest BCUT2D eigenvalue weighted by Gasteiger charge is -2.13. The van der Waals surface area contributed by atoms with E-state index in [-0.39, 0.29) is 5.91 Å².